The lowest BCUT2D eigenvalue weighted by Crippen LogP contribution is -1.87. The second-order valence-corrected chi connectivity index (χ2v) is 4.11. The van der Waals surface area contributed by atoms with Crippen LogP contribution >= 0.6 is 0 Å². The molecular formula is C10H9NO2S. The molecule has 4 heteroatoms. The molecular weight excluding hydrogens is 198 g/mol. The van der Waals surface area contributed by atoms with Crippen LogP contribution in [-0.4, -0.2) is 13.4 Å². The van der Waals surface area contributed by atoms with Gasteiger partial charge in [0.15, 0.2) is 10.7 Å². The highest BCUT2D eigenvalue weighted by Gasteiger charge is 2.02. The molecule has 0 aliphatic rings. The number of hydrogen-bond acceptors (Lipinski definition) is 3. The molecule has 1 heterocycles. The zero-order valence-electron chi connectivity index (χ0n) is 7.60. The lowest BCUT2D eigenvalue weighted by Gasteiger charge is -2.01. The largest absolute Gasteiger partial charge is 0.264 e. The molecule has 0 unspecified atom stereocenters. The van der Waals surface area contributed by atoms with E-state index in [4.69, 9.17) is 0 Å². The van der Waals surface area contributed by atoms with Gasteiger partial charge in [-0.2, -0.15) is 0 Å². The number of benzene rings is 1. The Balaban J connectivity index is 2.84. The predicted octanol–water partition coefficient (Wildman–Crippen LogP) is 1.51. The number of pyridine rings is 1. The third kappa shape index (κ3) is 1.48. The first-order chi connectivity index (χ1) is 6.68. The van der Waals surface area contributed by atoms with E-state index in [-0.39, 0.29) is 0 Å². The molecule has 1 aromatic carbocycles. The molecule has 0 N–H and O–H groups in total. The predicted molar refractivity (Wildman–Crippen MR) is 55.1 cm³/mol. The number of aryl methyl sites for hydroxylation is 1. The molecule has 0 saturated heterocycles. The summed E-state index contributed by atoms with van der Waals surface area (Å²) in [4.78, 5) is 4.32. The number of rotatable bonds is 1. The second-order valence-electron chi connectivity index (χ2n) is 3.12. The Labute approximate surface area is 83.4 Å². The van der Waals surface area contributed by atoms with E-state index < -0.39 is 10.7 Å². The summed E-state index contributed by atoms with van der Waals surface area (Å²) in [5.41, 5.74) is 0.778. The molecule has 0 radical (unpaired) electrons. The van der Waals surface area contributed by atoms with Gasteiger partial charge in [-0.1, -0.05) is 6.07 Å². The molecule has 0 amide bonds. The van der Waals surface area contributed by atoms with Crippen LogP contribution in [0.5, 0.6) is 0 Å². The van der Waals surface area contributed by atoms with E-state index in [1.54, 1.807) is 25.4 Å². The van der Waals surface area contributed by atoms with Crippen molar-refractivity contribution in [3.05, 3.63) is 36.2 Å². The van der Waals surface area contributed by atoms with Gasteiger partial charge in [-0.25, -0.2) is 8.42 Å². The summed E-state index contributed by atoms with van der Waals surface area (Å²) >= 11 is 0. The average molecular weight is 207 g/mol. The zero-order valence-corrected chi connectivity index (χ0v) is 8.49. The molecule has 0 spiro atoms. The molecule has 14 heavy (non-hydrogen) atoms. The van der Waals surface area contributed by atoms with Crippen LogP contribution < -0.4 is 0 Å². The van der Waals surface area contributed by atoms with Crippen molar-refractivity contribution >= 4 is 21.5 Å². The molecule has 72 valence electrons. The Morgan fingerprint density at radius 2 is 2.00 bits per heavy atom. The standard InChI is InChI=1S/C10H9NO2S/c1-7-4-8-2-3-11-6-9(8)5-10(7)14(12)13/h2-6,14H,1H3. The van der Waals surface area contributed by atoms with E-state index in [9.17, 15) is 8.42 Å². The SMILES string of the molecule is Cc1cc2ccncc2cc1[SH](=O)=O. The van der Waals surface area contributed by atoms with Crippen LogP contribution in [0.25, 0.3) is 10.8 Å². The van der Waals surface area contributed by atoms with Crippen LogP contribution in [0.3, 0.4) is 0 Å². The van der Waals surface area contributed by atoms with Crippen molar-refractivity contribution in [1.29, 1.82) is 0 Å². The number of thiol groups is 1. The van der Waals surface area contributed by atoms with Crippen molar-refractivity contribution in [2.24, 2.45) is 0 Å². The Kier molecular flexibility index (Phi) is 2.21. The maximum absolute atomic E-state index is 10.9. The Morgan fingerprint density at radius 1 is 1.21 bits per heavy atom. The van der Waals surface area contributed by atoms with E-state index in [0.29, 0.717) is 4.90 Å². The Morgan fingerprint density at radius 3 is 2.71 bits per heavy atom. The highest BCUT2D eigenvalue weighted by molar-refractivity contribution is 7.72. The fraction of sp³-hybridized carbons (Fsp3) is 0.100. The topological polar surface area (TPSA) is 47.0 Å². The number of nitrogens with zero attached hydrogens (tertiary/aromatic N) is 1. The highest BCUT2D eigenvalue weighted by atomic mass is 32.2. The quantitative estimate of drug-likeness (QED) is 0.721. The van der Waals surface area contributed by atoms with Crippen molar-refractivity contribution in [3.63, 3.8) is 0 Å². The van der Waals surface area contributed by atoms with Crippen LogP contribution in [0.2, 0.25) is 0 Å². The summed E-state index contributed by atoms with van der Waals surface area (Å²) in [5.74, 6) is 0. The lowest BCUT2D eigenvalue weighted by atomic mass is 10.1. The van der Waals surface area contributed by atoms with Gasteiger partial charge in [0.1, 0.15) is 0 Å². The van der Waals surface area contributed by atoms with Crippen LogP contribution in [-0.2, 0) is 10.7 Å². The number of hydrogen-bond donors (Lipinski definition) is 1. The first kappa shape index (κ1) is 9.15. The molecule has 2 aromatic rings. The van der Waals surface area contributed by atoms with Crippen LogP contribution in [0.15, 0.2) is 35.5 Å². The normalized spacial score (nSPS) is 11.0. The summed E-state index contributed by atoms with van der Waals surface area (Å²) in [5, 5.41) is 1.87. The van der Waals surface area contributed by atoms with E-state index >= 15 is 0 Å². The van der Waals surface area contributed by atoms with E-state index in [1.807, 2.05) is 12.1 Å². The molecule has 0 aliphatic heterocycles. The van der Waals surface area contributed by atoms with Gasteiger partial charge in [0.25, 0.3) is 0 Å². The van der Waals surface area contributed by atoms with Gasteiger partial charge in [-0.3, -0.25) is 4.98 Å². The highest BCUT2D eigenvalue weighted by Crippen LogP contribution is 2.19. The van der Waals surface area contributed by atoms with E-state index in [0.717, 1.165) is 16.3 Å². The van der Waals surface area contributed by atoms with Crippen LogP contribution in [0.1, 0.15) is 5.56 Å². The summed E-state index contributed by atoms with van der Waals surface area (Å²) in [6, 6.07) is 5.38. The van der Waals surface area contributed by atoms with Crippen molar-refractivity contribution in [3.8, 4) is 0 Å². The van der Waals surface area contributed by atoms with Gasteiger partial charge >= 0.3 is 0 Å². The van der Waals surface area contributed by atoms with E-state index in [2.05, 4.69) is 4.98 Å². The maximum atomic E-state index is 10.9. The summed E-state index contributed by atoms with van der Waals surface area (Å²) in [7, 11) is -2.52. The van der Waals surface area contributed by atoms with Crippen LogP contribution in [0.4, 0.5) is 0 Å². The zero-order chi connectivity index (χ0) is 10.1. The van der Waals surface area contributed by atoms with Crippen LogP contribution in [0, 0.1) is 6.92 Å². The monoisotopic (exact) mass is 207 g/mol. The third-order valence-corrected chi connectivity index (χ3v) is 3.03. The molecule has 0 aliphatic carbocycles. The summed E-state index contributed by atoms with van der Waals surface area (Å²) in [6.07, 6.45) is 3.36. The van der Waals surface area contributed by atoms with Crippen molar-refractivity contribution in [2.45, 2.75) is 11.8 Å². The molecule has 3 nitrogen and oxygen atoms in total. The van der Waals surface area contributed by atoms with E-state index in [1.165, 1.54) is 0 Å². The maximum Gasteiger partial charge on any atom is 0.168 e. The van der Waals surface area contributed by atoms with Gasteiger partial charge in [-0.15, -0.1) is 0 Å². The summed E-state index contributed by atoms with van der Waals surface area (Å²) in [6.45, 7) is 1.79. The van der Waals surface area contributed by atoms with Crippen molar-refractivity contribution in [1.82, 2.24) is 4.98 Å². The molecule has 1 aromatic heterocycles. The minimum atomic E-state index is -2.52. The van der Waals surface area contributed by atoms with Gasteiger partial charge in [-0.05, 0) is 30.0 Å². The third-order valence-electron chi connectivity index (χ3n) is 2.15. The minimum Gasteiger partial charge on any atom is -0.264 e. The van der Waals surface area contributed by atoms with Gasteiger partial charge in [0.05, 0.1) is 4.90 Å². The van der Waals surface area contributed by atoms with Gasteiger partial charge in [0.2, 0.25) is 0 Å². The minimum absolute atomic E-state index is 0.375. The molecule has 0 fully saturated rings. The van der Waals surface area contributed by atoms with Crippen molar-refractivity contribution < 1.29 is 8.42 Å². The number of fused-ring (bicyclic) bond motifs is 1. The smallest absolute Gasteiger partial charge is 0.168 e. The van der Waals surface area contributed by atoms with Gasteiger partial charge in [0, 0.05) is 17.8 Å². The lowest BCUT2D eigenvalue weighted by molar-refractivity contribution is 0.614. The first-order valence-corrected chi connectivity index (χ1v) is 5.35. The molecule has 0 bridgehead atoms. The molecule has 0 atom stereocenters. The second kappa shape index (κ2) is 3.38. The fourth-order valence-corrected chi connectivity index (χ4v) is 2.03. The average Bonchev–Trinajstić information content (AvgIpc) is 2.16. The van der Waals surface area contributed by atoms with Crippen molar-refractivity contribution in [2.75, 3.05) is 0 Å². The molecule has 0 saturated carbocycles. The van der Waals surface area contributed by atoms with Gasteiger partial charge < -0.3 is 0 Å². The first-order valence-electron chi connectivity index (χ1n) is 4.17. The Bertz CT molecular complexity index is 553. The number of aromatic nitrogens is 1. The fourth-order valence-electron chi connectivity index (χ4n) is 1.43. The summed E-state index contributed by atoms with van der Waals surface area (Å²) < 4.78 is 21.8. The Hall–Kier alpha value is -1.42. The molecule has 2 rings (SSSR count).